The molecule has 3 rings (SSSR count). The molecule has 1 fully saturated rings. The Balaban J connectivity index is 1.67. The van der Waals surface area contributed by atoms with Crippen molar-refractivity contribution in [3.8, 4) is 0 Å². The quantitative estimate of drug-likeness (QED) is 0.833. The first-order valence-electron chi connectivity index (χ1n) is 8.26. The van der Waals surface area contributed by atoms with Crippen LogP contribution < -0.4 is 9.80 Å². The molecule has 0 spiro atoms. The van der Waals surface area contributed by atoms with Crippen molar-refractivity contribution in [2.24, 2.45) is 0 Å². The summed E-state index contributed by atoms with van der Waals surface area (Å²) in [6, 6.07) is 2.13. The van der Waals surface area contributed by atoms with Crippen LogP contribution in [-0.2, 0) is 0 Å². The van der Waals surface area contributed by atoms with Gasteiger partial charge in [0.1, 0.15) is 5.82 Å². The van der Waals surface area contributed by atoms with Gasteiger partial charge in [-0.1, -0.05) is 5.16 Å². The molecule has 1 aliphatic heterocycles. The highest BCUT2D eigenvalue weighted by Crippen LogP contribution is 2.22. The van der Waals surface area contributed by atoms with Crippen molar-refractivity contribution < 1.29 is 4.52 Å². The molecule has 2 aromatic heterocycles. The smallest absolute Gasteiger partial charge is 0.243 e. The third-order valence-electron chi connectivity index (χ3n) is 4.33. The Labute approximate surface area is 142 Å². The predicted octanol–water partition coefficient (Wildman–Crippen LogP) is 1.43. The maximum atomic E-state index is 5.30. The van der Waals surface area contributed by atoms with Crippen LogP contribution in [0.3, 0.4) is 0 Å². The van der Waals surface area contributed by atoms with E-state index in [0.717, 1.165) is 43.6 Å². The molecule has 1 aliphatic rings. The van der Waals surface area contributed by atoms with Crippen LogP contribution >= 0.6 is 0 Å². The molecule has 0 aliphatic carbocycles. The molecule has 24 heavy (non-hydrogen) atoms. The van der Waals surface area contributed by atoms with Gasteiger partial charge in [0.15, 0.2) is 5.82 Å². The Hall–Kier alpha value is -2.22. The average molecular weight is 331 g/mol. The minimum atomic E-state index is 0.129. The van der Waals surface area contributed by atoms with E-state index >= 15 is 0 Å². The van der Waals surface area contributed by atoms with Crippen LogP contribution in [0.15, 0.2) is 10.6 Å². The molecule has 130 valence electrons. The number of hydrogen-bond donors (Lipinski definition) is 0. The van der Waals surface area contributed by atoms with Gasteiger partial charge in [-0.25, -0.2) is 4.98 Å². The van der Waals surface area contributed by atoms with Gasteiger partial charge in [0.05, 0.1) is 6.04 Å². The zero-order valence-corrected chi connectivity index (χ0v) is 15.0. The number of aryl methyl sites for hydroxylation is 2. The number of anilines is 2. The maximum Gasteiger partial charge on any atom is 0.243 e. The highest BCUT2D eigenvalue weighted by atomic mass is 16.5. The third kappa shape index (κ3) is 3.48. The Morgan fingerprint density at radius 2 is 1.79 bits per heavy atom. The van der Waals surface area contributed by atoms with E-state index in [-0.39, 0.29) is 6.04 Å². The average Bonchev–Trinajstić information content (AvgIpc) is 3.00. The first kappa shape index (κ1) is 16.6. The van der Waals surface area contributed by atoms with Gasteiger partial charge in [-0.3, -0.25) is 4.90 Å². The first-order chi connectivity index (χ1) is 11.4. The molecule has 0 aromatic carbocycles. The summed E-state index contributed by atoms with van der Waals surface area (Å²) < 4.78 is 5.30. The fourth-order valence-electron chi connectivity index (χ4n) is 2.86. The van der Waals surface area contributed by atoms with Gasteiger partial charge < -0.3 is 14.3 Å². The third-order valence-corrected chi connectivity index (χ3v) is 4.33. The molecular weight excluding hydrogens is 306 g/mol. The molecule has 0 N–H and O–H groups in total. The van der Waals surface area contributed by atoms with Gasteiger partial charge in [-0.2, -0.15) is 9.97 Å². The number of aromatic nitrogens is 4. The molecule has 0 radical (unpaired) electrons. The highest BCUT2D eigenvalue weighted by Gasteiger charge is 2.26. The van der Waals surface area contributed by atoms with Gasteiger partial charge >= 0.3 is 0 Å². The van der Waals surface area contributed by atoms with E-state index in [1.807, 2.05) is 38.9 Å². The summed E-state index contributed by atoms with van der Waals surface area (Å²) in [4.78, 5) is 20.2. The molecule has 8 nitrogen and oxygen atoms in total. The minimum absolute atomic E-state index is 0.129. The normalized spacial score (nSPS) is 17.1. The van der Waals surface area contributed by atoms with Gasteiger partial charge in [-0.15, -0.1) is 0 Å². The Bertz CT molecular complexity index is 691. The maximum absolute atomic E-state index is 5.30. The summed E-state index contributed by atoms with van der Waals surface area (Å²) in [5.74, 6) is 3.11. The van der Waals surface area contributed by atoms with Gasteiger partial charge in [0.25, 0.3) is 0 Å². The van der Waals surface area contributed by atoms with Crippen molar-refractivity contribution in [2.45, 2.75) is 26.8 Å². The van der Waals surface area contributed by atoms with Crippen molar-refractivity contribution >= 4 is 11.8 Å². The number of rotatable bonds is 4. The summed E-state index contributed by atoms with van der Waals surface area (Å²) in [7, 11) is 4.00. The lowest BCUT2D eigenvalue weighted by Crippen LogP contribution is -2.47. The lowest BCUT2D eigenvalue weighted by molar-refractivity contribution is 0.163. The van der Waals surface area contributed by atoms with E-state index < -0.39 is 0 Å². The molecule has 8 heteroatoms. The molecule has 0 unspecified atom stereocenters. The summed E-state index contributed by atoms with van der Waals surface area (Å²) in [5.41, 5.74) is 0.987. The van der Waals surface area contributed by atoms with Crippen LogP contribution in [0.4, 0.5) is 11.8 Å². The Morgan fingerprint density at radius 3 is 2.38 bits per heavy atom. The Kier molecular flexibility index (Phi) is 4.66. The predicted molar refractivity (Wildman–Crippen MR) is 92.3 cm³/mol. The second-order valence-electron chi connectivity index (χ2n) is 6.44. The van der Waals surface area contributed by atoms with Crippen molar-refractivity contribution in [1.82, 2.24) is 25.0 Å². The van der Waals surface area contributed by atoms with E-state index in [2.05, 4.69) is 36.8 Å². The molecule has 2 aromatic rings. The largest absolute Gasteiger partial charge is 0.363 e. The second-order valence-corrected chi connectivity index (χ2v) is 6.44. The zero-order valence-electron chi connectivity index (χ0n) is 15.0. The molecule has 0 bridgehead atoms. The van der Waals surface area contributed by atoms with E-state index in [1.54, 1.807) is 0 Å². The van der Waals surface area contributed by atoms with Crippen molar-refractivity contribution in [2.75, 3.05) is 50.1 Å². The zero-order chi connectivity index (χ0) is 17.3. The molecule has 3 heterocycles. The number of hydrogen-bond acceptors (Lipinski definition) is 8. The lowest BCUT2D eigenvalue weighted by Gasteiger charge is -2.37. The first-order valence-corrected chi connectivity index (χ1v) is 8.26. The molecule has 0 saturated carbocycles. The minimum Gasteiger partial charge on any atom is -0.363 e. The van der Waals surface area contributed by atoms with Crippen LogP contribution in [0, 0.1) is 13.8 Å². The SMILES string of the molecule is Cc1cc(N(C)C)nc(N2CCN([C@H](C)c3nc(C)no3)CC2)n1. The summed E-state index contributed by atoms with van der Waals surface area (Å²) in [6.45, 7) is 9.55. The van der Waals surface area contributed by atoms with Crippen LogP contribution in [0.5, 0.6) is 0 Å². The topological polar surface area (TPSA) is 74.4 Å². The van der Waals surface area contributed by atoms with Crippen LogP contribution in [-0.4, -0.2) is 65.3 Å². The second kappa shape index (κ2) is 6.72. The van der Waals surface area contributed by atoms with Crippen LogP contribution in [0.1, 0.15) is 30.4 Å². The standard InChI is InChI=1S/C16H25N7O/c1-11-10-14(21(4)5)19-16(17-11)23-8-6-22(7-9-23)12(2)15-18-13(3)20-24-15/h10,12H,6-9H2,1-5H3/t12-/m1/s1. The van der Waals surface area contributed by atoms with Crippen LogP contribution in [0.2, 0.25) is 0 Å². The molecule has 0 amide bonds. The van der Waals surface area contributed by atoms with Gasteiger partial charge in [0, 0.05) is 52.0 Å². The molecule has 1 atom stereocenters. The monoisotopic (exact) mass is 331 g/mol. The Morgan fingerprint density at radius 1 is 1.08 bits per heavy atom. The fraction of sp³-hybridized carbons (Fsp3) is 0.625. The van der Waals surface area contributed by atoms with Crippen molar-refractivity contribution in [3.05, 3.63) is 23.5 Å². The summed E-state index contributed by atoms with van der Waals surface area (Å²) in [6.07, 6.45) is 0. The van der Waals surface area contributed by atoms with Crippen molar-refractivity contribution in [3.63, 3.8) is 0 Å². The highest BCUT2D eigenvalue weighted by molar-refractivity contribution is 5.45. The number of piperazine rings is 1. The summed E-state index contributed by atoms with van der Waals surface area (Å²) in [5, 5.41) is 3.88. The summed E-state index contributed by atoms with van der Waals surface area (Å²) >= 11 is 0. The lowest BCUT2D eigenvalue weighted by atomic mass is 10.2. The van der Waals surface area contributed by atoms with E-state index in [4.69, 9.17) is 4.52 Å². The van der Waals surface area contributed by atoms with Gasteiger partial charge in [0.2, 0.25) is 11.8 Å². The molecule has 1 saturated heterocycles. The fourth-order valence-corrected chi connectivity index (χ4v) is 2.86. The van der Waals surface area contributed by atoms with Crippen molar-refractivity contribution in [1.29, 1.82) is 0 Å². The van der Waals surface area contributed by atoms with E-state index in [9.17, 15) is 0 Å². The van der Waals surface area contributed by atoms with Crippen LogP contribution in [0.25, 0.3) is 0 Å². The van der Waals surface area contributed by atoms with E-state index in [1.165, 1.54) is 0 Å². The van der Waals surface area contributed by atoms with Gasteiger partial charge in [-0.05, 0) is 20.8 Å². The molecular formula is C16H25N7O. The number of nitrogens with zero attached hydrogens (tertiary/aromatic N) is 7. The van der Waals surface area contributed by atoms with E-state index in [0.29, 0.717) is 11.7 Å².